The Balaban J connectivity index is 0.000000258. The van der Waals surface area contributed by atoms with Gasteiger partial charge in [-0.2, -0.15) is 10.4 Å². The Morgan fingerprint density at radius 2 is 1.68 bits per heavy atom. The molecule has 1 aromatic heterocycles. The Bertz CT molecular complexity index is 1320. The summed E-state index contributed by atoms with van der Waals surface area (Å²) in [5, 5.41) is 19.6. The fourth-order valence-electron chi connectivity index (χ4n) is 5.20. The summed E-state index contributed by atoms with van der Waals surface area (Å²) in [5.41, 5.74) is 5.34. The molecule has 2 heterocycles. The molecule has 5 rings (SSSR count). The van der Waals surface area contributed by atoms with Gasteiger partial charge in [-0.05, 0) is 83.1 Å². The lowest BCUT2D eigenvalue weighted by molar-refractivity contribution is -0.127. The molecule has 0 radical (unpaired) electrons. The van der Waals surface area contributed by atoms with Crippen LogP contribution in [0.3, 0.4) is 0 Å². The Kier molecular flexibility index (Phi) is 12.4. The smallest absolute Gasteiger partial charge is 0.411 e. The fraction of sp³-hybridized carbons (Fsp3) is 0.515. The molecule has 1 aliphatic heterocycles. The molecule has 222 valence electrons. The second-order valence-electron chi connectivity index (χ2n) is 10.9. The van der Waals surface area contributed by atoms with Gasteiger partial charge in [0.25, 0.3) is 0 Å². The molecule has 2 aromatic carbocycles. The molecule has 2 aliphatic rings. The number of aromatic amines is 1. The highest BCUT2D eigenvalue weighted by Gasteiger charge is 2.52. The van der Waals surface area contributed by atoms with Gasteiger partial charge in [0.15, 0.2) is 0 Å². The van der Waals surface area contributed by atoms with Crippen molar-refractivity contribution in [3.05, 3.63) is 53.7 Å². The zero-order chi connectivity index (χ0) is 30.7. The van der Waals surface area contributed by atoms with E-state index in [4.69, 9.17) is 10.00 Å². The molecule has 2 bridgehead atoms. The molecular weight excluding hydrogens is 514 g/mol. The molecule has 3 unspecified atom stereocenters. The number of H-pyrrole nitrogens is 1. The molecule has 1 saturated carbocycles. The minimum atomic E-state index is -0.577. The standard InChI is InChI=1S/C15H14N2.C14H21N3O3.2C2H6/c1-10-3-5-12(6-4-10)13-7-8-15-14(9-13)11(2)16-17-15;1-14(2,3)20-13(19)17-10-5-4-9(8-10)11(17)12(18)16-7-6-15;2*1-2/h3-9H,1-2H3,(H,16,17);9-11H,4-5,7-8H2,1-3H3,(H,16,18);2*1-2H3. The predicted octanol–water partition coefficient (Wildman–Crippen LogP) is 7.31. The highest BCUT2D eigenvalue weighted by Crippen LogP contribution is 2.43. The number of aryl methyl sites for hydroxylation is 2. The van der Waals surface area contributed by atoms with Crippen molar-refractivity contribution in [2.45, 2.75) is 99.3 Å². The van der Waals surface area contributed by atoms with Crippen molar-refractivity contribution in [2.75, 3.05) is 6.54 Å². The average Bonchev–Trinajstić information content (AvgIpc) is 3.69. The number of hydrogen-bond acceptors (Lipinski definition) is 5. The van der Waals surface area contributed by atoms with E-state index in [2.05, 4.69) is 64.9 Å². The van der Waals surface area contributed by atoms with Crippen LogP contribution in [0.2, 0.25) is 0 Å². The van der Waals surface area contributed by atoms with Gasteiger partial charge < -0.3 is 10.1 Å². The Hall–Kier alpha value is -3.86. The predicted molar refractivity (Wildman–Crippen MR) is 165 cm³/mol. The number of piperidine rings is 1. The van der Waals surface area contributed by atoms with Crippen molar-refractivity contribution < 1.29 is 14.3 Å². The Morgan fingerprint density at radius 1 is 1.05 bits per heavy atom. The van der Waals surface area contributed by atoms with E-state index in [1.165, 1.54) is 22.1 Å². The molecule has 1 aliphatic carbocycles. The summed E-state index contributed by atoms with van der Waals surface area (Å²) in [4.78, 5) is 26.0. The van der Waals surface area contributed by atoms with Crippen LogP contribution in [0, 0.1) is 31.1 Å². The molecule has 0 spiro atoms. The van der Waals surface area contributed by atoms with Crippen LogP contribution in [-0.2, 0) is 9.53 Å². The lowest BCUT2D eigenvalue weighted by Crippen LogP contribution is -2.53. The largest absolute Gasteiger partial charge is 0.444 e. The molecule has 1 saturated heterocycles. The molecule has 8 nitrogen and oxygen atoms in total. The van der Waals surface area contributed by atoms with Gasteiger partial charge in [0.2, 0.25) is 5.91 Å². The minimum absolute atomic E-state index is 0.0329. The summed E-state index contributed by atoms with van der Waals surface area (Å²) >= 11 is 0. The highest BCUT2D eigenvalue weighted by atomic mass is 16.6. The number of amides is 2. The molecule has 3 aromatic rings. The second-order valence-corrected chi connectivity index (χ2v) is 10.9. The van der Waals surface area contributed by atoms with Gasteiger partial charge in [0, 0.05) is 17.1 Å². The van der Waals surface area contributed by atoms with Gasteiger partial charge in [0.05, 0.1) is 11.6 Å². The monoisotopic (exact) mass is 561 g/mol. The van der Waals surface area contributed by atoms with E-state index in [-0.39, 0.29) is 24.4 Å². The van der Waals surface area contributed by atoms with Crippen LogP contribution >= 0.6 is 0 Å². The van der Waals surface area contributed by atoms with Gasteiger partial charge in [-0.25, -0.2) is 4.79 Å². The number of likely N-dealkylation sites (tertiary alicyclic amines) is 1. The normalized spacial score (nSPS) is 18.5. The minimum Gasteiger partial charge on any atom is -0.444 e. The number of nitriles is 1. The number of carbonyl (C=O) groups is 2. The number of ether oxygens (including phenoxy) is 1. The van der Waals surface area contributed by atoms with E-state index in [1.807, 2.05) is 61.5 Å². The number of carbonyl (C=O) groups excluding carboxylic acids is 2. The van der Waals surface area contributed by atoms with Gasteiger partial charge in [-0.1, -0.05) is 63.6 Å². The van der Waals surface area contributed by atoms with Crippen molar-refractivity contribution >= 4 is 22.9 Å². The molecule has 2 fully saturated rings. The third-order valence-electron chi connectivity index (χ3n) is 6.93. The fourth-order valence-corrected chi connectivity index (χ4v) is 5.20. The van der Waals surface area contributed by atoms with Crippen LogP contribution in [0.4, 0.5) is 4.79 Å². The third-order valence-corrected chi connectivity index (χ3v) is 6.93. The van der Waals surface area contributed by atoms with E-state index in [9.17, 15) is 9.59 Å². The average molecular weight is 562 g/mol. The zero-order valence-electron chi connectivity index (χ0n) is 26.2. The first-order valence-corrected chi connectivity index (χ1v) is 14.7. The van der Waals surface area contributed by atoms with Crippen LogP contribution in [-0.4, -0.2) is 51.3 Å². The van der Waals surface area contributed by atoms with Crippen molar-refractivity contribution in [1.29, 1.82) is 5.26 Å². The van der Waals surface area contributed by atoms with Crippen LogP contribution in [0.15, 0.2) is 42.5 Å². The first kappa shape index (κ1) is 33.3. The van der Waals surface area contributed by atoms with Crippen molar-refractivity contribution in [2.24, 2.45) is 5.92 Å². The van der Waals surface area contributed by atoms with E-state index < -0.39 is 17.7 Å². The summed E-state index contributed by atoms with van der Waals surface area (Å²) in [6.45, 7) is 17.5. The number of nitrogens with zero attached hydrogens (tertiary/aromatic N) is 3. The second kappa shape index (κ2) is 15.2. The van der Waals surface area contributed by atoms with Crippen molar-refractivity contribution in [1.82, 2.24) is 20.4 Å². The number of fused-ring (bicyclic) bond motifs is 3. The first-order valence-electron chi connectivity index (χ1n) is 14.7. The van der Waals surface area contributed by atoms with Crippen molar-refractivity contribution in [3.8, 4) is 17.2 Å². The lowest BCUT2D eigenvalue weighted by Gasteiger charge is -2.35. The number of benzene rings is 2. The number of nitrogens with one attached hydrogen (secondary N) is 2. The maximum atomic E-state index is 12.3. The van der Waals surface area contributed by atoms with Gasteiger partial charge in [0.1, 0.15) is 18.2 Å². The highest BCUT2D eigenvalue weighted by molar-refractivity contribution is 5.87. The molecule has 8 heteroatoms. The summed E-state index contributed by atoms with van der Waals surface area (Å²) in [5.74, 6) is -0.0594. The SMILES string of the molecule is CC.CC.CC(C)(C)OC(=O)N1C2CCC(C2)C1C(=O)NCC#N.Cc1ccc(-c2ccc3n[nH]c(C)c3c2)cc1. The molecule has 3 atom stereocenters. The molecule has 41 heavy (non-hydrogen) atoms. The van der Waals surface area contributed by atoms with Gasteiger partial charge >= 0.3 is 6.09 Å². The summed E-state index contributed by atoms with van der Waals surface area (Å²) in [6.07, 6.45) is 2.30. The Labute approximate surface area is 245 Å². The quantitative estimate of drug-likeness (QED) is 0.326. The number of rotatable bonds is 3. The lowest BCUT2D eigenvalue weighted by atomic mass is 9.98. The maximum absolute atomic E-state index is 12.3. The maximum Gasteiger partial charge on any atom is 0.411 e. The third kappa shape index (κ3) is 8.56. The molecular formula is C33H47N5O3. The van der Waals surface area contributed by atoms with Crippen molar-refractivity contribution in [3.63, 3.8) is 0 Å². The summed E-state index contributed by atoms with van der Waals surface area (Å²) < 4.78 is 5.40. The van der Waals surface area contributed by atoms with E-state index in [0.29, 0.717) is 0 Å². The van der Waals surface area contributed by atoms with Crippen LogP contribution in [0.25, 0.3) is 22.0 Å². The summed E-state index contributed by atoms with van der Waals surface area (Å²) in [6, 6.07) is 16.5. The first-order chi connectivity index (χ1) is 19.6. The molecule has 2 N–H and O–H groups in total. The topological polar surface area (TPSA) is 111 Å². The van der Waals surface area contributed by atoms with Gasteiger partial charge in [-0.3, -0.25) is 14.8 Å². The van der Waals surface area contributed by atoms with Gasteiger partial charge in [-0.15, -0.1) is 0 Å². The zero-order valence-corrected chi connectivity index (χ0v) is 26.2. The Morgan fingerprint density at radius 3 is 2.29 bits per heavy atom. The van der Waals surface area contributed by atoms with Crippen LogP contribution in [0.5, 0.6) is 0 Å². The summed E-state index contributed by atoms with van der Waals surface area (Å²) in [7, 11) is 0. The number of hydrogen-bond donors (Lipinski definition) is 2. The number of aromatic nitrogens is 2. The van der Waals surface area contributed by atoms with E-state index in [0.717, 1.165) is 30.5 Å². The molecule has 2 amide bonds. The van der Waals surface area contributed by atoms with E-state index in [1.54, 1.807) is 4.90 Å². The van der Waals surface area contributed by atoms with E-state index >= 15 is 0 Å². The van der Waals surface area contributed by atoms with Crippen LogP contribution in [0.1, 0.15) is 79.0 Å². The van der Waals surface area contributed by atoms with Crippen LogP contribution < -0.4 is 5.32 Å².